The number of amides is 1. The summed E-state index contributed by atoms with van der Waals surface area (Å²) in [6.07, 6.45) is 0.723. The molecule has 27 heavy (non-hydrogen) atoms. The molecular formula is C19H22N4O4. The van der Waals surface area contributed by atoms with Crippen LogP contribution in [-0.4, -0.2) is 53.0 Å². The van der Waals surface area contributed by atoms with E-state index in [4.69, 9.17) is 15.3 Å². The predicted molar refractivity (Wildman–Crippen MR) is 97.9 cm³/mol. The smallest absolute Gasteiger partial charge is 0.407 e. The van der Waals surface area contributed by atoms with Gasteiger partial charge in [-0.25, -0.2) is 4.79 Å². The summed E-state index contributed by atoms with van der Waals surface area (Å²) >= 11 is 0. The number of benzene rings is 1. The Morgan fingerprint density at radius 2 is 2.19 bits per heavy atom. The highest BCUT2D eigenvalue weighted by Gasteiger charge is 2.59. The SMILES string of the molecule is COc1ccc(CN2OCC3CN(C(=O)O)CC32c2cc(N)ccn2)cc1. The maximum Gasteiger partial charge on any atom is 0.407 e. The molecule has 2 aliphatic rings. The molecule has 8 heteroatoms. The molecule has 2 aliphatic heterocycles. The van der Waals surface area contributed by atoms with Crippen molar-refractivity contribution in [2.24, 2.45) is 5.92 Å². The van der Waals surface area contributed by atoms with E-state index in [1.807, 2.05) is 35.4 Å². The van der Waals surface area contributed by atoms with Crippen LogP contribution >= 0.6 is 0 Å². The van der Waals surface area contributed by atoms with Crippen molar-refractivity contribution in [2.75, 3.05) is 32.5 Å². The van der Waals surface area contributed by atoms with Crippen molar-refractivity contribution in [3.05, 3.63) is 53.9 Å². The number of carboxylic acid groups (broad SMARTS) is 1. The van der Waals surface area contributed by atoms with Crippen molar-refractivity contribution >= 4 is 11.8 Å². The van der Waals surface area contributed by atoms with E-state index in [1.165, 1.54) is 4.90 Å². The Bertz CT molecular complexity index is 844. The minimum absolute atomic E-state index is 0.0128. The molecule has 8 nitrogen and oxygen atoms in total. The molecular weight excluding hydrogens is 348 g/mol. The van der Waals surface area contributed by atoms with Crippen LogP contribution < -0.4 is 10.5 Å². The average molecular weight is 370 g/mol. The van der Waals surface area contributed by atoms with Gasteiger partial charge < -0.3 is 20.5 Å². The minimum Gasteiger partial charge on any atom is -0.497 e. The van der Waals surface area contributed by atoms with Crippen LogP contribution in [0.3, 0.4) is 0 Å². The van der Waals surface area contributed by atoms with Crippen molar-refractivity contribution in [1.82, 2.24) is 14.9 Å². The van der Waals surface area contributed by atoms with E-state index in [-0.39, 0.29) is 5.92 Å². The molecule has 4 rings (SSSR count). The van der Waals surface area contributed by atoms with Crippen LogP contribution in [0.4, 0.5) is 10.5 Å². The van der Waals surface area contributed by atoms with Crippen LogP contribution in [0.1, 0.15) is 11.3 Å². The Kier molecular flexibility index (Phi) is 4.37. The Morgan fingerprint density at radius 1 is 1.41 bits per heavy atom. The normalized spacial score (nSPS) is 24.8. The Morgan fingerprint density at radius 3 is 2.85 bits per heavy atom. The monoisotopic (exact) mass is 370 g/mol. The first-order chi connectivity index (χ1) is 13.0. The number of nitrogens with two attached hydrogens (primary N) is 1. The van der Waals surface area contributed by atoms with Crippen molar-refractivity contribution in [3.8, 4) is 5.75 Å². The predicted octanol–water partition coefficient (Wildman–Crippen LogP) is 1.92. The van der Waals surface area contributed by atoms with Gasteiger partial charge in [-0.1, -0.05) is 12.1 Å². The number of likely N-dealkylation sites (tertiary alicyclic amines) is 1. The zero-order chi connectivity index (χ0) is 19.0. The summed E-state index contributed by atoms with van der Waals surface area (Å²) in [5.74, 6) is 0.769. The molecule has 3 N–H and O–H groups in total. The van der Waals surface area contributed by atoms with Gasteiger partial charge >= 0.3 is 6.09 Å². The molecule has 3 heterocycles. The number of hydroxylamine groups is 2. The Hall–Kier alpha value is -2.84. The quantitative estimate of drug-likeness (QED) is 0.848. The van der Waals surface area contributed by atoms with E-state index in [9.17, 15) is 9.90 Å². The highest BCUT2D eigenvalue weighted by atomic mass is 16.7. The summed E-state index contributed by atoms with van der Waals surface area (Å²) in [5.41, 5.74) is 7.70. The summed E-state index contributed by atoms with van der Waals surface area (Å²) in [5, 5.41) is 11.4. The zero-order valence-electron chi connectivity index (χ0n) is 15.0. The number of hydrogen-bond donors (Lipinski definition) is 2. The minimum atomic E-state index is -0.933. The largest absolute Gasteiger partial charge is 0.497 e. The first kappa shape index (κ1) is 17.6. The number of nitrogens with zero attached hydrogens (tertiary/aromatic N) is 3. The summed E-state index contributed by atoms with van der Waals surface area (Å²) in [4.78, 5) is 23.6. The molecule has 2 fully saturated rings. The van der Waals surface area contributed by atoms with Gasteiger partial charge in [-0.15, -0.1) is 0 Å². The van der Waals surface area contributed by atoms with Crippen LogP contribution in [0.2, 0.25) is 0 Å². The number of rotatable bonds is 4. The van der Waals surface area contributed by atoms with Gasteiger partial charge in [0.25, 0.3) is 0 Å². The lowest BCUT2D eigenvalue weighted by Crippen LogP contribution is -2.47. The molecule has 1 amide bonds. The molecule has 0 aliphatic carbocycles. The number of carbonyl (C=O) groups is 1. The molecule has 2 saturated heterocycles. The molecule has 1 aromatic carbocycles. The molecule has 142 valence electrons. The van der Waals surface area contributed by atoms with E-state index in [0.29, 0.717) is 31.9 Å². The number of ether oxygens (including phenoxy) is 1. The molecule has 0 saturated carbocycles. The van der Waals surface area contributed by atoms with Crippen LogP contribution in [0.25, 0.3) is 0 Å². The molecule has 2 atom stereocenters. The third-order valence-electron chi connectivity index (χ3n) is 5.41. The summed E-state index contributed by atoms with van der Waals surface area (Å²) in [7, 11) is 1.63. The fourth-order valence-corrected chi connectivity index (χ4v) is 4.00. The number of anilines is 1. The van der Waals surface area contributed by atoms with Gasteiger partial charge in [-0.2, -0.15) is 5.06 Å². The molecule has 0 spiro atoms. The van der Waals surface area contributed by atoms with Gasteiger partial charge in [0, 0.05) is 24.3 Å². The van der Waals surface area contributed by atoms with Gasteiger partial charge in [0.1, 0.15) is 11.3 Å². The van der Waals surface area contributed by atoms with Crippen molar-refractivity contribution in [1.29, 1.82) is 0 Å². The van der Waals surface area contributed by atoms with Crippen LogP contribution in [0, 0.1) is 5.92 Å². The van der Waals surface area contributed by atoms with E-state index in [2.05, 4.69) is 4.98 Å². The molecule has 2 aromatic rings. The van der Waals surface area contributed by atoms with Gasteiger partial charge in [-0.3, -0.25) is 9.82 Å². The second-order valence-corrected chi connectivity index (χ2v) is 6.94. The van der Waals surface area contributed by atoms with Crippen LogP contribution in [-0.2, 0) is 16.9 Å². The van der Waals surface area contributed by atoms with E-state index < -0.39 is 11.6 Å². The van der Waals surface area contributed by atoms with E-state index in [0.717, 1.165) is 17.0 Å². The van der Waals surface area contributed by atoms with Gasteiger partial charge in [0.05, 0.1) is 32.5 Å². The molecule has 0 radical (unpaired) electrons. The number of nitrogen functional groups attached to an aromatic ring is 1. The highest BCUT2D eigenvalue weighted by molar-refractivity contribution is 5.66. The lowest BCUT2D eigenvalue weighted by atomic mass is 9.84. The maximum atomic E-state index is 11.6. The average Bonchev–Trinajstić information content (AvgIpc) is 3.20. The summed E-state index contributed by atoms with van der Waals surface area (Å²) < 4.78 is 5.21. The number of aromatic nitrogens is 1. The summed E-state index contributed by atoms with van der Waals surface area (Å²) in [6, 6.07) is 11.3. The van der Waals surface area contributed by atoms with Gasteiger partial charge in [0.2, 0.25) is 0 Å². The van der Waals surface area contributed by atoms with E-state index in [1.54, 1.807) is 19.4 Å². The highest BCUT2D eigenvalue weighted by Crippen LogP contribution is 2.47. The van der Waals surface area contributed by atoms with Crippen molar-refractivity contribution in [2.45, 2.75) is 12.1 Å². The second-order valence-electron chi connectivity index (χ2n) is 6.94. The zero-order valence-corrected chi connectivity index (χ0v) is 15.0. The van der Waals surface area contributed by atoms with E-state index >= 15 is 0 Å². The van der Waals surface area contributed by atoms with Gasteiger partial charge in [-0.05, 0) is 29.8 Å². The van der Waals surface area contributed by atoms with Crippen LogP contribution in [0.5, 0.6) is 5.75 Å². The Balaban J connectivity index is 1.70. The number of methoxy groups -OCH3 is 1. The lowest BCUT2D eigenvalue weighted by molar-refractivity contribution is -0.177. The first-order valence-electron chi connectivity index (χ1n) is 8.76. The number of fused-ring (bicyclic) bond motifs is 1. The lowest BCUT2D eigenvalue weighted by Gasteiger charge is -2.35. The number of hydrogen-bond acceptors (Lipinski definition) is 6. The second kappa shape index (κ2) is 6.71. The third-order valence-corrected chi connectivity index (χ3v) is 5.41. The fraction of sp³-hybridized carbons (Fsp3) is 0.368. The summed E-state index contributed by atoms with van der Waals surface area (Å²) in [6.45, 7) is 1.64. The van der Waals surface area contributed by atoms with Crippen molar-refractivity contribution < 1.29 is 19.5 Å². The molecule has 2 unspecified atom stereocenters. The van der Waals surface area contributed by atoms with Gasteiger partial charge in [0.15, 0.2) is 0 Å². The first-order valence-corrected chi connectivity index (χ1v) is 8.76. The molecule has 0 bridgehead atoms. The number of pyridine rings is 1. The fourth-order valence-electron chi connectivity index (χ4n) is 4.00. The maximum absolute atomic E-state index is 11.6. The topological polar surface area (TPSA) is 101 Å². The molecule has 1 aromatic heterocycles. The Labute approximate surface area is 157 Å². The van der Waals surface area contributed by atoms with Crippen molar-refractivity contribution in [3.63, 3.8) is 0 Å². The van der Waals surface area contributed by atoms with Crippen LogP contribution in [0.15, 0.2) is 42.6 Å². The standard InChI is InChI=1S/C19H22N4O4/c1-26-16-4-2-13(3-5-16)9-23-19(17-8-15(20)6-7-21-17)12-22(18(24)25)10-14(19)11-27-23/h2-8,14H,9-12H2,1H3,(H2,20,21)(H,24,25). The third kappa shape index (κ3) is 2.96.